The lowest BCUT2D eigenvalue weighted by Gasteiger charge is -2.14. The van der Waals surface area contributed by atoms with Gasteiger partial charge in [-0.15, -0.1) is 0 Å². The third-order valence-electron chi connectivity index (χ3n) is 2.70. The summed E-state index contributed by atoms with van der Waals surface area (Å²) in [7, 11) is -3.92. The summed E-state index contributed by atoms with van der Waals surface area (Å²) in [6.45, 7) is 0. The molecule has 2 aromatic carbocycles. The third-order valence-corrected chi connectivity index (χ3v) is 3.94. The van der Waals surface area contributed by atoms with E-state index in [0.29, 0.717) is 5.56 Å². The minimum absolute atomic E-state index is 0.389. The Morgan fingerprint density at radius 3 is 2.10 bits per heavy atom. The first-order chi connectivity index (χ1) is 9.78. The summed E-state index contributed by atoms with van der Waals surface area (Å²) in [5.41, 5.74) is -0.989. The minimum Gasteiger partial charge on any atom is -0.283 e. The predicted octanol–water partition coefficient (Wildman–Crippen LogP) is 3.65. The molecule has 0 spiro atoms. The first-order valence-electron chi connectivity index (χ1n) is 5.98. The lowest BCUT2D eigenvalue weighted by molar-refractivity contribution is -0.136. The highest BCUT2D eigenvalue weighted by Gasteiger charge is 2.34. The Hall–Kier alpha value is -2.02. The zero-order valence-electron chi connectivity index (χ0n) is 10.8. The van der Waals surface area contributed by atoms with Gasteiger partial charge < -0.3 is 0 Å². The number of anilines is 1. The molecular formula is C14H12F3NO2S. The van der Waals surface area contributed by atoms with E-state index in [1.807, 2.05) is 4.72 Å². The highest BCUT2D eigenvalue weighted by Crippen LogP contribution is 2.35. The van der Waals surface area contributed by atoms with Gasteiger partial charge in [0.15, 0.2) is 0 Å². The lowest BCUT2D eigenvalue weighted by atomic mass is 10.2. The topological polar surface area (TPSA) is 46.2 Å². The van der Waals surface area contributed by atoms with E-state index in [2.05, 4.69) is 0 Å². The van der Waals surface area contributed by atoms with E-state index < -0.39 is 27.5 Å². The Balaban J connectivity index is 2.26. The Labute approximate surface area is 120 Å². The van der Waals surface area contributed by atoms with Crippen LogP contribution in [0.4, 0.5) is 18.9 Å². The summed E-state index contributed by atoms with van der Waals surface area (Å²) >= 11 is 0. The molecule has 2 rings (SSSR count). The summed E-state index contributed by atoms with van der Waals surface area (Å²) in [5.74, 6) is -0.389. The maximum atomic E-state index is 12.8. The van der Waals surface area contributed by atoms with Gasteiger partial charge in [-0.2, -0.15) is 13.2 Å². The van der Waals surface area contributed by atoms with Crippen LogP contribution in [0.2, 0.25) is 0 Å². The van der Waals surface area contributed by atoms with Crippen LogP contribution in [0.25, 0.3) is 0 Å². The van der Waals surface area contributed by atoms with Crippen molar-refractivity contribution in [3.8, 4) is 0 Å². The quantitative estimate of drug-likeness (QED) is 0.936. The molecule has 1 N–H and O–H groups in total. The van der Waals surface area contributed by atoms with Crippen LogP contribution < -0.4 is 4.72 Å². The molecule has 0 radical (unpaired) electrons. The second-order valence-electron chi connectivity index (χ2n) is 4.39. The molecule has 0 saturated carbocycles. The Morgan fingerprint density at radius 1 is 0.905 bits per heavy atom. The number of benzene rings is 2. The molecule has 0 heterocycles. The summed E-state index contributed by atoms with van der Waals surface area (Å²) < 4.78 is 64.4. The van der Waals surface area contributed by atoms with Crippen LogP contribution in [0.5, 0.6) is 0 Å². The molecule has 0 unspecified atom stereocenters. The van der Waals surface area contributed by atoms with Gasteiger partial charge >= 0.3 is 6.18 Å². The Morgan fingerprint density at radius 2 is 1.48 bits per heavy atom. The van der Waals surface area contributed by atoms with Crippen molar-refractivity contribution in [1.82, 2.24) is 0 Å². The molecule has 0 atom stereocenters. The zero-order chi connectivity index (χ0) is 15.5. The molecule has 7 heteroatoms. The van der Waals surface area contributed by atoms with Crippen LogP contribution in [0.1, 0.15) is 11.1 Å². The molecule has 2 aromatic rings. The molecule has 0 aliphatic rings. The highest BCUT2D eigenvalue weighted by atomic mass is 32.2. The van der Waals surface area contributed by atoms with E-state index in [0.717, 1.165) is 12.1 Å². The van der Waals surface area contributed by atoms with Crippen molar-refractivity contribution in [2.24, 2.45) is 0 Å². The van der Waals surface area contributed by atoms with Crippen LogP contribution in [0.15, 0.2) is 54.6 Å². The normalized spacial score (nSPS) is 12.1. The molecular weight excluding hydrogens is 303 g/mol. The summed E-state index contributed by atoms with van der Waals surface area (Å²) in [6.07, 6.45) is -4.62. The Kier molecular flexibility index (Phi) is 4.22. The van der Waals surface area contributed by atoms with Crippen molar-refractivity contribution < 1.29 is 21.6 Å². The molecule has 0 amide bonds. The van der Waals surface area contributed by atoms with Gasteiger partial charge in [0.2, 0.25) is 10.0 Å². The first-order valence-corrected chi connectivity index (χ1v) is 7.64. The van der Waals surface area contributed by atoms with Crippen LogP contribution in [0.3, 0.4) is 0 Å². The van der Waals surface area contributed by atoms with Crippen molar-refractivity contribution in [1.29, 1.82) is 0 Å². The fourth-order valence-corrected chi connectivity index (χ4v) is 3.03. The molecule has 3 nitrogen and oxygen atoms in total. The van der Waals surface area contributed by atoms with Gasteiger partial charge in [-0.05, 0) is 17.7 Å². The van der Waals surface area contributed by atoms with E-state index in [1.165, 1.54) is 12.1 Å². The summed E-state index contributed by atoms with van der Waals surface area (Å²) in [6, 6.07) is 12.7. The second kappa shape index (κ2) is 5.77. The van der Waals surface area contributed by atoms with Crippen molar-refractivity contribution in [3.05, 3.63) is 65.7 Å². The van der Waals surface area contributed by atoms with E-state index in [1.54, 1.807) is 30.3 Å². The minimum atomic E-state index is -4.62. The second-order valence-corrected chi connectivity index (χ2v) is 6.11. The SMILES string of the molecule is O=S(=O)(Cc1ccccc1)Nc1ccccc1C(F)(F)F. The lowest BCUT2D eigenvalue weighted by Crippen LogP contribution is -2.18. The fourth-order valence-electron chi connectivity index (χ4n) is 1.82. The maximum absolute atomic E-state index is 12.8. The molecule has 0 aromatic heterocycles. The molecule has 112 valence electrons. The molecule has 0 aliphatic carbocycles. The smallest absolute Gasteiger partial charge is 0.283 e. The number of para-hydroxylation sites is 1. The molecule has 0 fully saturated rings. The number of halogens is 3. The predicted molar refractivity (Wildman–Crippen MR) is 74.1 cm³/mol. The number of sulfonamides is 1. The molecule has 0 aliphatic heterocycles. The number of rotatable bonds is 4. The summed E-state index contributed by atoms with van der Waals surface area (Å²) in [5, 5.41) is 0. The van der Waals surface area contributed by atoms with E-state index >= 15 is 0 Å². The largest absolute Gasteiger partial charge is 0.418 e. The van der Waals surface area contributed by atoms with Crippen molar-refractivity contribution in [2.45, 2.75) is 11.9 Å². The van der Waals surface area contributed by atoms with E-state index in [4.69, 9.17) is 0 Å². The number of hydrogen-bond donors (Lipinski definition) is 1. The molecule has 21 heavy (non-hydrogen) atoms. The standard InChI is InChI=1S/C14H12F3NO2S/c15-14(16,17)12-8-4-5-9-13(12)18-21(19,20)10-11-6-2-1-3-7-11/h1-9,18H,10H2. The van der Waals surface area contributed by atoms with E-state index in [9.17, 15) is 21.6 Å². The first kappa shape index (κ1) is 15.4. The zero-order valence-corrected chi connectivity index (χ0v) is 11.6. The number of nitrogens with one attached hydrogen (secondary N) is 1. The van der Waals surface area contributed by atoms with Crippen LogP contribution in [0, 0.1) is 0 Å². The van der Waals surface area contributed by atoms with Crippen molar-refractivity contribution in [2.75, 3.05) is 4.72 Å². The van der Waals surface area contributed by atoms with Crippen molar-refractivity contribution in [3.63, 3.8) is 0 Å². The van der Waals surface area contributed by atoms with Gasteiger partial charge in [0.1, 0.15) is 0 Å². The summed E-state index contributed by atoms with van der Waals surface area (Å²) in [4.78, 5) is 0. The van der Waals surface area contributed by atoms with Crippen LogP contribution in [-0.2, 0) is 22.0 Å². The third kappa shape index (κ3) is 4.22. The van der Waals surface area contributed by atoms with Crippen molar-refractivity contribution >= 4 is 15.7 Å². The van der Waals surface area contributed by atoms with Gasteiger partial charge in [0, 0.05) is 0 Å². The molecule has 0 saturated heterocycles. The van der Waals surface area contributed by atoms with Gasteiger partial charge in [-0.3, -0.25) is 4.72 Å². The highest BCUT2D eigenvalue weighted by molar-refractivity contribution is 7.91. The number of hydrogen-bond acceptors (Lipinski definition) is 2. The maximum Gasteiger partial charge on any atom is 0.418 e. The fraction of sp³-hybridized carbons (Fsp3) is 0.143. The van der Waals surface area contributed by atoms with Crippen LogP contribution >= 0.6 is 0 Å². The average Bonchev–Trinajstić information content (AvgIpc) is 2.38. The number of alkyl halides is 3. The monoisotopic (exact) mass is 315 g/mol. The van der Waals surface area contributed by atoms with Gasteiger partial charge in [0.25, 0.3) is 0 Å². The average molecular weight is 315 g/mol. The Bertz CT molecular complexity index is 712. The van der Waals surface area contributed by atoms with Gasteiger partial charge in [-0.25, -0.2) is 8.42 Å². The van der Waals surface area contributed by atoms with E-state index in [-0.39, 0.29) is 5.75 Å². The molecule has 0 bridgehead atoms. The van der Waals surface area contributed by atoms with Crippen LogP contribution in [-0.4, -0.2) is 8.42 Å². The van der Waals surface area contributed by atoms with Gasteiger partial charge in [-0.1, -0.05) is 42.5 Å². The van der Waals surface area contributed by atoms with Gasteiger partial charge in [0.05, 0.1) is 17.0 Å².